The van der Waals surface area contributed by atoms with Crippen molar-refractivity contribution in [3.63, 3.8) is 0 Å². The van der Waals surface area contributed by atoms with E-state index < -0.39 is 0 Å². The Morgan fingerprint density at radius 1 is 1.67 bits per heavy atom. The summed E-state index contributed by atoms with van der Waals surface area (Å²) < 4.78 is 4.64. The number of nitrogen functional groups attached to an aromatic ring is 1. The molecule has 12 heavy (non-hydrogen) atoms. The number of rotatable bonds is 2. The zero-order valence-corrected chi connectivity index (χ0v) is 7.30. The molecule has 0 amide bonds. The van der Waals surface area contributed by atoms with Crippen LogP contribution >= 0.6 is 12.0 Å². The predicted octanol–water partition coefficient (Wildman–Crippen LogP) is 1.23. The van der Waals surface area contributed by atoms with Gasteiger partial charge in [0.1, 0.15) is 17.1 Å². The summed E-state index contributed by atoms with van der Waals surface area (Å²) in [5.74, 6) is -0.348. The molecule has 1 aromatic rings. The van der Waals surface area contributed by atoms with Crippen LogP contribution in [0.1, 0.15) is 6.92 Å². The molecule has 0 aliphatic heterocycles. The zero-order valence-electron chi connectivity index (χ0n) is 6.48. The molecule has 0 aliphatic rings. The Balaban J connectivity index is 2.53. The van der Waals surface area contributed by atoms with Crippen molar-refractivity contribution in [2.75, 3.05) is 5.73 Å². The fraction of sp³-hybridized carbons (Fsp3) is 0.143. The summed E-state index contributed by atoms with van der Waals surface area (Å²) in [4.78, 5) is 14.3. The number of carbonyl (C=O) groups excluding carboxylic acids is 1. The number of nitrogens with two attached hydrogens (primary N) is 1. The van der Waals surface area contributed by atoms with Crippen molar-refractivity contribution in [3.8, 4) is 0 Å². The lowest BCUT2D eigenvalue weighted by molar-refractivity contribution is -0.130. The summed E-state index contributed by atoms with van der Waals surface area (Å²) in [6.45, 7) is 1.34. The third-order valence-corrected chi connectivity index (χ3v) is 1.73. The summed E-state index contributed by atoms with van der Waals surface area (Å²) in [7, 11) is 0. The van der Waals surface area contributed by atoms with Crippen molar-refractivity contribution in [1.29, 1.82) is 0 Å². The van der Waals surface area contributed by atoms with E-state index in [0.717, 1.165) is 12.0 Å². The van der Waals surface area contributed by atoms with Crippen molar-refractivity contribution >= 4 is 23.7 Å². The van der Waals surface area contributed by atoms with Crippen molar-refractivity contribution in [2.24, 2.45) is 0 Å². The highest BCUT2D eigenvalue weighted by Gasteiger charge is 1.98. The molecule has 0 fully saturated rings. The summed E-state index contributed by atoms with van der Waals surface area (Å²) >= 11 is 0.921. The van der Waals surface area contributed by atoms with Crippen LogP contribution < -0.4 is 5.73 Å². The van der Waals surface area contributed by atoms with Gasteiger partial charge in [0.2, 0.25) is 0 Å². The van der Waals surface area contributed by atoms with Gasteiger partial charge in [0.25, 0.3) is 0 Å². The second kappa shape index (κ2) is 3.96. The molecule has 64 valence electrons. The molecule has 1 heterocycles. The lowest BCUT2D eigenvalue weighted by Crippen LogP contribution is -1.91. The quantitative estimate of drug-likeness (QED) is 0.700. The first-order valence-corrected chi connectivity index (χ1v) is 3.99. The van der Waals surface area contributed by atoms with Gasteiger partial charge in [-0.2, -0.15) is 0 Å². The van der Waals surface area contributed by atoms with E-state index in [-0.39, 0.29) is 5.97 Å². The van der Waals surface area contributed by atoms with Crippen LogP contribution in [0.4, 0.5) is 5.69 Å². The van der Waals surface area contributed by atoms with Gasteiger partial charge >= 0.3 is 5.97 Å². The van der Waals surface area contributed by atoms with Crippen LogP contribution in [0.3, 0.4) is 0 Å². The summed E-state index contributed by atoms with van der Waals surface area (Å²) in [6.07, 6.45) is 1.51. The Bertz CT molecular complexity index is 273. The van der Waals surface area contributed by atoms with E-state index in [1.54, 1.807) is 12.1 Å². The maximum atomic E-state index is 10.4. The topological polar surface area (TPSA) is 65.2 Å². The van der Waals surface area contributed by atoms with Gasteiger partial charge in [-0.05, 0) is 12.1 Å². The largest absolute Gasteiger partial charge is 0.397 e. The Kier molecular flexibility index (Phi) is 2.93. The van der Waals surface area contributed by atoms with Crippen LogP contribution in [-0.2, 0) is 8.98 Å². The summed E-state index contributed by atoms with van der Waals surface area (Å²) in [5, 5.41) is 0.611. The second-order valence-electron chi connectivity index (χ2n) is 2.09. The minimum absolute atomic E-state index is 0.348. The monoisotopic (exact) mass is 184 g/mol. The molecule has 0 aliphatic carbocycles. The number of pyridine rings is 1. The van der Waals surface area contributed by atoms with Gasteiger partial charge in [0, 0.05) is 6.92 Å². The molecular weight excluding hydrogens is 176 g/mol. The van der Waals surface area contributed by atoms with Crippen LogP contribution in [-0.4, -0.2) is 11.0 Å². The van der Waals surface area contributed by atoms with Crippen molar-refractivity contribution in [1.82, 2.24) is 4.98 Å². The zero-order chi connectivity index (χ0) is 8.97. The Hall–Kier alpha value is -1.23. The molecule has 0 saturated carbocycles. The van der Waals surface area contributed by atoms with Crippen LogP contribution in [0.5, 0.6) is 0 Å². The molecule has 0 bridgehead atoms. The molecular formula is C7H8N2O2S. The average Bonchev–Trinajstić information content (AvgIpc) is 2.03. The first-order chi connectivity index (χ1) is 5.68. The Morgan fingerprint density at radius 2 is 2.42 bits per heavy atom. The first kappa shape index (κ1) is 8.86. The molecule has 1 aromatic heterocycles. The van der Waals surface area contributed by atoms with Crippen LogP contribution in [0.2, 0.25) is 0 Å². The van der Waals surface area contributed by atoms with E-state index in [2.05, 4.69) is 9.17 Å². The fourth-order valence-electron chi connectivity index (χ4n) is 0.542. The standard InChI is InChI=1S/C7H8N2O2S/c1-5(10)11-12-7-3-2-6(8)4-9-7/h2-4H,8H2,1H3. The fourth-order valence-corrected chi connectivity index (χ4v) is 0.964. The van der Waals surface area contributed by atoms with Crippen LogP contribution in [0.25, 0.3) is 0 Å². The van der Waals surface area contributed by atoms with E-state index in [0.29, 0.717) is 10.7 Å². The van der Waals surface area contributed by atoms with E-state index in [4.69, 9.17) is 5.73 Å². The molecule has 1 rings (SSSR count). The minimum atomic E-state index is -0.348. The molecule has 2 N–H and O–H groups in total. The maximum absolute atomic E-state index is 10.4. The van der Waals surface area contributed by atoms with Gasteiger partial charge in [-0.3, -0.25) is 4.79 Å². The second-order valence-corrected chi connectivity index (χ2v) is 2.84. The van der Waals surface area contributed by atoms with Crippen LogP contribution in [0.15, 0.2) is 23.4 Å². The average molecular weight is 184 g/mol. The van der Waals surface area contributed by atoms with E-state index in [1.165, 1.54) is 13.1 Å². The molecule has 0 unspecified atom stereocenters. The lowest BCUT2D eigenvalue weighted by atomic mass is 10.4. The van der Waals surface area contributed by atoms with Gasteiger partial charge < -0.3 is 9.92 Å². The van der Waals surface area contributed by atoms with Crippen molar-refractivity contribution < 1.29 is 8.98 Å². The summed E-state index contributed by atoms with van der Waals surface area (Å²) in [5.41, 5.74) is 5.99. The highest BCUT2D eigenvalue weighted by atomic mass is 32.2. The number of hydrogen-bond donors (Lipinski definition) is 1. The third-order valence-electron chi connectivity index (χ3n) is 1.00. The normalized spacial score (nSPS) is 9.42. The minimum Gasteiger partial charge on any atom is -0.397 e. The number of anilines is 1. The van der Waals surface area contributed by atoms with Crippen molar-refractivity contribution in [3.05, 3.63) is 18.3 Å². The third kappa shape index (κ3) is 2.79. The van der Waals surface area contributed by atoms with E-state index in [1.807, 2.05) is 0 Å². The predicted molar refractivity (Wildman–Crippen MR) is 46.3 cm³/mol. The van der Waals surface area contributed by atoms with E-state index >= 15 is 0 Å². The number of aromatic nitrogens is 1. The van der Waals surface area contributed by atoms with Gasteiger partial charge in [-0.25, -0.2) is 4.98 Å². The Morgan fingerprint density at radius 3 is 2.92 bits per heavy atom. The highest BCUT2D eigenvalue weighted by molar-refractivity contribution is 7.95. The molecule has 5 heteroatoms. The summed E-state index contributed by atoms with van der Waals surface area (Å²) in [6, 6.07) is 3.38. The van der Waals surface area contributed by atoms with Gasteiger partial charge in [0.05, 0.1) is 11.9 Å². The number of hydrogen-bond acceptors (Lipinski definition) is 5. The molecule has 0 radical (unpaired) electrons. The van der Waals surface area contributed by atoms with E-state index in [9.17, 15) is 4.79 Å². The highest BCUT2D eigenvalue weighted by Crippen LogP contribution is 2.16. The Labute approximate surface area is 74.3 Å². The van der Waals surface area contributed by atoms with Crippen LogP contribution in [0, 0.1) is 0 Å². The molecule has 0 atom stereocenters. The molecule has 0 aromatic carbocycles. The van der Waals surface area contributed by atoms with Gasteiger partial charge in [-0.1, -0.05) is 0 Å². The lowest BCUT2D eigenvalue weighted by Gasteiger charge is -1.97. The van der Waals surface area contributed by atoms with Gasteiger partial charge in [0.15, 0.2) is 0 Å². The molecule has 4 nitrogen and oxygen atoms in total. The number of carbonyl (C=O) groups is 1. The van der Waals surface area contributed by atoms with Crippen molar-refractivity contribution in [2.45, 2.75) is 11.9 Å². The maximum Gasteiger partial charge on any atom is 0.315 e. The first-order valence-electron chi connectivity index (χ1n) is 3.25. The van der Waals surface area contributed by atoms with Gasteiger partial charge in [-0.15, -0.1) is 0 Å². The number of nitrogens with zero attached hydrogens (tertiary/aromatic N) is 1. The SMILES string of the molecule is CC(=O)OSc1ccc(N)cn1. The molecule has 0 saturated heterocycles. The molecule has 0 spiro atoms. The smallest absolute Gasteiger partial charge is 0.315 e.